The summed E-state index contributed by atoms with van der Waals surface area (Å²) < 4.78 is 6.94. The molecule has 2 heterocycles. The van der Waals surface area contributed by atoms with Crippen LogP contribution in [0, 0.1) is 13.8 Å². The van der Waals surface area contributed by atoms with Crippen molar-refractivity contribution in [2.45, 2.75) is 26.9 Å². The summed E-state index contributed by atoms with van der Waals surface area (Å²) in [7, 11) is 1.89. The molecule has 2 aromatic rings. The third-order valence-corrected chi connectivity index (χ3v) is 3.20. The summed E-state index contributed by atoms with van der Waals surface area (Å²) in [6.45, 7) is 4.65. The molecule has 0 unspecified atom stereocenters. The van der Waals surface area contributed by atoms with E-state index in [1.165, 1.54) is 6.26 Å². The lowest BCUT2D eigenvalue weighted by Gasteiger charge is -2.04. The van der Waals surface area contributed by atoms with Gasteiger partial charge in [0.1, 0.15) is 12.0 Å². The number of carbonyl (C=O) groups excluding carboxylic acids is 1. The zero-order valence-electron chi connectivity index (χ0n) is 11.8. The Balaban J connectivity index is 0.00000200. The number of nitrogens with one attached hydrogen (secondary N) is 1. The van der Waals surface area contributed by atoms with Crippen LogP contribution in [-0.2, 0) is 20.1 Å². The molecule has 2 aromatic heterocycles. The predicted octanol–water partition coefficient (Wildman–Crippen LogP) is 1.44. The molecule has 1 amide bonds. The number of hydrogen-bond acceptors (Lipinski definition) is 4. The van der Waals surface area contributed by atoms with Crippen molar-refractivity contribution < 1.29 is 9.21 Å². The van der Waals surface area contributed by atoms with Crippen LogP contribution in [0.3, 0.4) is 0 Å². The Hall–Kier alpha value is -1.79. The molecule has 0 aliphatic rings. The Bertz CT molecular complexity index is 604. The van der Waals surface area contributed by atoms with Gasteiger partial charge in [-0.05, 0) is 19.9 Å². The summed E-state index contributed by atoms with van der Waals surface area (Å²) in [5.41, 5.74) is 8.94. The van der Waals surface area contributed by atoms with Crippen molar-refractivity contribution in [1.29, 1.82) is 0 Å². The molecule has 2 rings (SSSR count). The first-order valence-corrected chi connectivity index (χ1v) is 6.07. The van der Waals surface area contributed by atoms with E-state index < -0.39 is 0 Å². The minimum Gasteiger partial charge on any atom is -0.467 e. The van der Waals surface area contributed by atoms with Crippen LogP contribution in [0.4, 0.5) is 0 Å². The van der Waals surface area contributed by atoms with E-state index in [0.717, 1.165) is 17.0 Å². The van der Waals surface area contributed by atoms with Crippen LogP contribution in [0.5, 0.6) is 0 Å². The van der Waals surface area contributed by atoms with Gasteiger partial charge in [0, 0.05) is 24.8 Å². The quantitative estimate of drug-likeness (QED) is 0.894. The molecule has 0 bridgehead atoms. The zero-order chi connectivity index (χ0) is 14.0. The first kappa shape index (κ1) is 16.3. The van der Waals surface area contributed by atoms with Crippen molar-refractivity contribution in [1.82, 2.24) is 15.1 Å². The summed E-state index contributed by atoms with van der Waals surface area (Å²) in [4.78, 5) is 11.9. The second-order valence-electron chi connectivity index (χ2n) is 4.46. The second kappa shape index (κ2) is 6.58. The van der Waals surface area contributed by atoms with Crippen molar-refractivity contribution >= 4 is 18.3 Å². The van der Waals surface area contributed by atoms with Gasteiger partial charge in [0.2, 0.25) is 0 Å². The van der Waals surface area contributed by atoms with Gasteiger partial charge in [-0.3, -0.25) is 9.48 Å². The summed E-state index contributed by atoms with van der Waals surface area (Å²) >= 11 is 0. The summed E-state index contributed by atoms with van der Waals surface area (Å²) in [5.74, 6) is 0.421. The highest BCUT2D eigenvalue weighted by atomic mass is 35.5. The lowest BCUT2D eigenvalue weighted by Crippen LogP contribution is -2.23. The van der Waals surface area contributed by atoms with Gasteiger partial charge < -0.3 is 15.5 Å². The van der Waals surface area contributed by atoms with Crippen LogP contribution in [0.2, 0.25) is 0 Å². The highest BCUT2D eigenvalue weighted by Crippen LogP contribution is 2.12. The van der Waals surface area contributed by atoms with E-state index in [0.29, 0.717) is 17.9 Å². The van der Waals surface area contributed by atoms with Crippen molar-refractivity contribution in [2.75, 3.05) is 0 Å². The number of amides is 1. The fraction of sp³-hybridized carbons (Fsp3) is 0.385. The maximum absolute atomic E-state index is 11.9. The van der Waals surface area contributed by atoms with Gasteiger partial charge in [-0.25, -0.2) is 0 Å². The molecule has 6 nitrogen and oxygen atoms in total. The highest BCUT2D eigenvalue weighted by molar-refractivity contribution is 5.93. The average Bonchev–Trinajstić information content (AvgIpc) is 2.94. The predicted molar refractivity (Wildman–Crippen MR) is 77.7 cm³/mol. The van der Waals surface area contributed by atoms with Gasteiger partial charge in [0.15, 0.2) is 0 Å². The molecule has 3 N–H and O–H groups in total. The molecule has 110 valence electrons. The van der Waals surface area contributed by atoms with E-state index in [9.17, 15) is 4.79 Å². The molecule has 0 aromatic carbocycles. The number of aryl methyl sites for hydroxylation is 2. The third kappa shape index (κ3) is 3.20. The van der Waals surface area contributed by atoms with E-state index in [-0.39, 0.29) is 24.9 Å². The third-order valence-electron chi connectivity index (χ3n) is 3.20. The minimum atomic E-state index is -0.175. The van der Waals surface area contributed by atoms with E-state index in [2.05, 4.69) is 10.4 Å². The molecule has 0 atom stereocenters. The van der Waals surface area contributed by atoms with Gasteiger partial charge in [-0.2, -0.15) is 5.10 Å². The monoisotopic (exact) mass is 298 g/mol. The first-order chi connectivity index (χ1) is 9.02. The molecule has 0 radical (unpaired) electrons. The molecule has 0 aliphatic carbocycles. The fourth-order valence-electron chi connectivity index (χ4n) is 1.95. The van der Waals surface area contributed by atoms with Crippen LogP contribution in [0.25, 0.3) is 0 Å². The number of nitrogens with two attached hydrogens (primary N) is 1. The average molecular weight is 299 g/mol. The van der Waals surface area contributed by atoms with Crippen LogP contribution in [-0.4, -0.2) is 15.7 Å². The van der Waals surface area contributed by atoms with Gasteiger partial charge in [0.05, 0.1) is 17.8 Å². The number of furan rings is 1. The Labute approximate surface area is 123 Å². The van der Waals surface area contributed by atoms with Crippen molar-refractivity contribution in [3.8, 4) is 0 Å². The number of halogens is 1. The molecule has 20 heavy (non-hydrogen) atoms. The Kier molecular flexibility index (Phi) is 5.35. The van der Waals surface area contributed by atoms with Gasteiger partial charge in [-0.1, -0.05) is 0 Å². The van der Waals surface area contributed by atoms with Crippen molar-refractivity contribution in [3.05, 3.63) is 40.6 Å². The molecule has 0 saturated carbocycles. The van der Waals surface area contributed by atoms with Crippen LogP contribution >= 0.6 is 12.4 Å². The summed E-state index contributed by atoms with van der Waals surface area (Å²) in [6.07, 6.45) is 1.42. The normalized spacial score (nSPS) is 10.2. The van der Waals surface area contributed by atoms with E-state index in [1.54, 1.807) is 10.7 Å². The van der Waals surface area contributed by atoms with E-state index >= 15 is 0 Å². The molecule has 0 fully saturated rings. The maximum atomic E-state index is 11.9. The molecule has 0 spiro atoms. The Morgan fingerprint density at radius 1 is 1.50 bits per heavy atom. The molecule has 0 aliphatic heterocycles. The highest BCUT2D eigenvalue weighted by Gasteiger charge is 2.13. The van der Waals surface area contributed by atoms with Crippen LogP contribution < -0.4 is 11.1 Å². The summed E-state index contributed by atoms with van der Waals surface area (Å²) in [6, 6.07) is 1.65. The standard InChI is InChI=1S/C13H18N4O2.ClH/c1-8-12(9(2)17(3)16-8)6-15-13(18)10-4-11(5-14)19-7-10;/h4,7H,5-6,14H2,1-3H3,(H,15,18);1H. The zero-order valence-corrected chi connectivity index (χ0v) is 12.6. The van der Waals surface area contributed by atoms with Crippen molar-refractivity contribution in [3.63, 3.8) is 0 Å². The molecular formula is C13H19ClN4O2. The first-order valence-electron chi connectivity index (χ1n) is 6.07. The number of nitrogens with zero attached hydrogens (tertiary/aromatic N) is 2. The van der Waals surface area contributed by atoms with Gasteiger partial charge in [-0.15, -0.1) is 12.4 Å². The van der Waals surface area contributed by atoms with E-state index in [4.69, 9.17) is 10.2 Å². The second-order valence-corrected chi connectivity index (χ2v) is 4.46. The van der Waals surface area contributed by atoms with Crippen molar-refractivity contribution in [2.24, 2.45) is 12.8 Å². The van der Waals surface area contributed by atoms with Gasteiger partial charge >= 0.3 is 0 Å². The molecule has 7 heteroatoms. The molecule has 0 saturated heterocycles. The lowest BCUT2D eigenvalue weighted by atomic mass is 10.2. The SMILES string of the molecule is Cc1nn(C)c(C)c1CNC(=O)c1coc(CN)c1.Cl. The van der Waals surface area contributed by atoms with Crippen LogP contribution in [0.1, 0.15) is 33.1 Å². The van der Waals surface area contributed by atoms with Crippen LogP contribution in [0.15, 0.2) is 16.7 Å². The number of carbonyl (C=O) groups is 1. The smallest absolute Gasteiger partial charge is 0.254 e. The number of rotatable bonds is 4. The topological polar surface area (TPSA) is 86.1 Å². The minimum absolute atomic E-state index is 0. The maximum Gasteiger partial charge on any atom is 0.254 e. The fourth-order valence-corrected chi connectivity index (χ4v) is 1.95. The lowest BCUT2D eigenvalue weighted by molar-refractivity contribution is 0.0950. The number of hydrogen-bond donors (Lipinski definition) is 2. The van der Waals surface area contributed by atoms with E-state index in [1.807, 2.05) is 20.9 Å². The Morgan fingerprint density at radius 3 is 2.70 bits per heavy atom. The molecular weight excluding hydrogens is 280 g/mol. The number of aromatic nitrogens is 2. The van der Waals surface area contributed by atoms with Gasteiger partial charge in [0.25, 0.3) is 5.91 Å². The Morgan fingerprint density at radius 2 is 2.20 bits per heavy atom. The summed E-state index contributed by atoms with van der Waals surface area (Å²) in [5, 5.41) is 7.16. The largest absolute Gasteiger partial charge is 0.467 e.